The fraction of sp³-hybridized carbons (Fsp3) is 0.643. The van der Waals surface area contributed by atoms with E-state index in [-0.39, 0.29) is 11.9 Å². The number of carbonyl (C=O) groups excluding carboxylic acids is 2. The van der Waals surface area contributed by atoms with Crippen LogP contribution in [-0.4, -0.2) is 38.8 Å². The topological polar surface area (TPSA) is 73.2 Å². The molecule has 0 aliphatic carbocycles. The lowest BCUT2D eigenvalue weighted by atomic mass is 10.2. The molecule has 0 atom stereocenters. The van der Waals surface area contributed by atoms with Crippen LogP contribution in [0.15, 0.2) is 6.07 Å². The Hall–Kier alpha value is -1.50. The standard InChI is InChI=1S/C14H23N3O3S/c1-10-8-11(17(5)16-10)15-12(18)9-21-7-6-13(19)20-14(2,3)4/h8H,6-7,9H2,1-5H3,(H,15,18). The Morgan fingerprint density at radius 3 is 2.62 bits per heavy atom. The minimum atomic E-state index is -0.462. The third-order valence-electron chi connectivity index (χ3n) is 2.37. The summed E-state index contributed by atoms with van der Waals surface area (Å²) in [6.07, 6.45) is 0.306. The molecular formula is C14H23N3O3S. The summed E-state index contributed by atoms with van der Waals surface area (Å²) in [7, 11) is 1.78. The van der Waals surface area contributed by atoms with Gasteiger partial charge < -0.3 is 10.1 Å². The van der Waals surface area contributed by atoms with Crippen LogP contribution in [0.25, 0.3) is 0 Å². The van der Waals surface area contributed by atoms with Crippen molar-refractivity contribution in [1.82, 2.24) is 9.78 Å². The number of rotatable bonds is 6. The van der Waals surface area contributed by atoms with Crippen LogP contribution in [-0.2, 0) is 21.4 Å². The number of esters is 1. The van der Waals surface area contributed by atoms with E-state index in [1.807, 2.05) is 33.8 Å². The number of nitrogens with zero attached hydrogens (tertiary/aromatic N) is 2. The van der Waals surface area contributed by atoms with Gasteiger partial charge in [-0.05, 0) is 27.7 Å². The van der Waals surface area contributed by atoms with Crippen molar-refractivity contribution < 1.29 is 14.3 Å². The van der Waals surface area contributed by atoms with Crippen LogP contribution >= 0.6 is 11.8 Å². The minimum absolute atomic E-state index is 0.104. The number of thioether (sulfide) groups is 1. The summed E-state index contributed by atoms with van der Waals surface area (Å²) >= 11 is 1.41. The lowest BCUT2D eigenvalue weighted by Crippen LogP contribution is -2.24. The van der Waals surface area contributed by atoms with E-state index in [1.54, 1.807) is 11.7 Å². The second-order valence-electron chi connectivity index (χ2n) is 5.73. The zero-order valence-corrected chi connectivity index (χ0v) is 14.0. The summed E-state index contributed by atoms with van der Waals surface area (Å²) < 4.78 is 6.82. The van der Waals surface area contributed by atoms with Gasteiger partial charge in [0.25, 0.3) is 0 Å². The highest BCUT2D eigenvalue weighted by Crippen LogP contribution is 2.12. The summed E-state index contributed by atoms with van der Waals surface area (Å²) in [6.45, 7) is 7.37. The summed E-state index contributed by atoms with van der Waals surface area (Å²) in [4.78, 5) is 23.3. The number of carbonyl (C=O) groups is 2. The molecule has 21 heavy (non-hydrogen) atoms. The first kappa shape index (κ1) is 17.6. The number of amides is 1. The maximum atomic E-state index is 11.8. The second-order valence-corrected chi connectivity index (χ2v) is 6.84. The lowest BCUT2D eigenvalue weighted by Gasteiger charge is -2.19. The molecule has 0 spiro atoms. The van der Waals surface area contributed by atoms with Gasteiger partial charge in [-0.15, -0.1) is 0 Å². The van der Waals surface area contributed by atoms with Crippen molar-refractivity contribution in [2.45, 2.75) is 39.7 Å². The summed E-state index contributed by atoms with van der Waals surface area (Å²) in [5.74, 6) is 1.19. The lowest BCUT2D eigenvalue weighted by molar-refractivity contribution is -0.154. The molecule has 1 aromatic heterocycles. The molecule has 0 fully saturated rings. The largest absolute Gasteiger partial charge is 0.460 e. The number of hydrogen-bond acceptors (Lipinski definition) is 5. The van der Waals surface area contributed by atoms with Crippen molar-refractivity contribution in [2.24, 2.45) is 7.05 Å². The fourth-order valence-corrected chi connectivity index (χ4v) is 2.33. The number of aryl methyl sites for hydroxylation is 2. The zero-order valence-electron chi connectivity index (χ0n) is 13.2. The van der Waals surface area contributed by atoms with E-state index in [0.29, 0.717) is 23.7 Å². The summed E-state index contributed by atoms with van der Waals surface area (Å²) in [5.41, 5.74) is 0.390. The molecule has 1 rings (SSSR count). The van der Waals surface area contributed by atoms with Crippen LogP contribution in [0.5, 0.6) is 0 Å². The van der Waals surface area contributed by atoms with Crippen LogP contribution in [0.3, 0.4) is 0 Å². The van der Waals surface area contributed by atoms with Crippen molar-refractivity contribution in [3.8, 4) is 0 Å². The SMILES string of the molecule is Cc1cc(NC(=O)CSCCC(=O)OC(C)(C)C)n(C)n1. The van der Waals surface area contributed by atoms with Crippen molar-refractivity contribution in [2.75, 3.05) is 16.8 Å². The molecule has 0 saturated heterocycles. The average molecular weight is 313 g/mol. The normalized spacial score (nSPS) is 11.3. The summed E-state index contributed by atoms with van der Waals surface area (Å²) in [6, 6.07) is 1.81. The van der Waals surface area contributed by atoms with E-state index >= 15 is 0 Å². The third-order valence-corrected chi connectivity index (χ3v) is 3.33. The Morgan fingerprint density at radius 2 is 2.10 bits per heavy atom. The number of nitrogens with one attached hydrogen (secondary N) is 1. The molecule has 1 N–H and O–H groups in total. The number of aromatic nitrogens is 2. The van der Waals surface area contributed by atoms with Crippen molar-refractivity contribution in [3.05, 3.63) is 11.8 Å². The fourth-order valence-electron chi connectivity index (χ4n) is 1.62. The molecular weight excluding hydrogens is 290 g/mol. The Morgan fingerprint density at radius 1 is 1.43 bits per heavy atom. The maximum Gasteiger partial charge on any atom is 0.307 e. The van der Waals surface area contributed by atoms with E-state index in [4.69, 9.17) is 4.74 Å². The number of hydrogen-bond donors (Lipinski definition) is 1. The highest BCUT2D eigenvalue weighted by atomic mass is 32.2. The van der Waals surface area contributed by atoms with Gasteiger partial charge in [-0.1, -0.05) is 0 Å². The van der Waals surface area contributed by atoms with Crippen molar-refractivity contribution in [3.63, 3.8) is 0 Å². The highest BCUT2D eigenvalue weighted by molar-refractivity contribution is 7.99. The third kappa shape index (κ3) is 7.17. The van der Waals surface area contributed by atoms with E-state index in [0.717, 1.165) is 5.69 Å². The van der Waals surface area contributed by atoms with Crippen molar-refractivity contribution >= 4 is 29.5 Å². The Labute approximate surface area is 129 Å². The van der Waals surface area contributed by atoms with Gasteiger partial charge in [-0.2, -0.15) is 16.9 Å². The Bertz CT molecular complexity index is 506. The molecule has 0 radical (unpaired) electrons. The molecule has 0 unspecified atom stereocenters. The van der Waals surface area contributed by atoms with E-state index in [9.17, 15) is 9.59 Å². The van der Waals surface area contributed by atoms with Gasteiger partial charge in [0, 0.05) is 18.9 Å². The molecule has 6 nitrogen and oxygen atoms in total. The maximum absolute atomic E-state index is 11.8. The molecule has 1 amide bonds. The molecule has 7 heteroatoms. The molecule has 0 aromatic carbocycles. The first-order valence-electron chi connectivity index (χ1n) is 6.77. The van der Waals surface area contributed by atoms with Crippen LogP contribution < -0.4 is 5.32 Å². The van der Waals surface area contributed by atoms with Gasteiger partial charge in [-0.25, -0.2) is 0 Å². The first-order chi connectivity index (χ1) is 9.67. The molecule has 0 aliphatic heterocycles. The average Bonchev–Trinajstić information content (AvgIpc) is 2.61. The van der Waals surface area contributed by atoms with Gasteiger partial charge in [-0.3, -0.25) is 14.3 Å². The van der Waals surface area contributed by atoms with Gasteiger partial charge in [0.2, 0.25) is 5.91 Å². The van der Waals surface area contributed by atoms with Gasteiger partial charge in [0.15, 0.2) is 0 Å². The van der Waals surface area contributed by atoms with E-state index < -0.39 is 5.60 Å². The zero-order chi connectivity index (χ0) is 16.0. The predicted molar refractivity (Wildman–Crippen MR) is 84.4 cm³/mol. The molecule has 0 saturated carbocycles. The van der Waals surface area contributed by atoms with Crippen LogP contribution in [0.4, 0.5) is 5.82 Å². The molecule has 0 bridgehead atoms. The van der Waals surface area contributed by atoms with Gasteiger partial charge in [0.05, 0.1) is 17.9 Å². The minimum Gasteiger partial charge on any atom is -0.460 e. The van der Waals surface area contributed by atoms with Gasteiger partial charge >= 0.3 is 5.97 Å². The monoisotopic (exact) mass is 313 g/mol. The second kappa shape index (κ2) is 7.49. The number of anilines is 1. The first-order valence-corrected chi connectivity index (χ1v) is 7.93. The molecule has 1 heterocycles. The van der Waals surface area contributed by atoms with Crippen LogP contribution in [0.2, 0.25) is 0 Å². The number of ether oxygens (including phenoxy) is 1. The van der Waals surface area contributed by atoms with Gasteiger partial charge in [0.1, 0.15) is 11.4 Å². The quantitative estimate of drug-likeness (QED) is 0.643. The Balaban J connectivity index is 2.22. The van der Waals surface area contributed by atoms with Crippen LogP contribution in [0, 0.1) is 6.92 Å². The van der Waals surface area contributed by atoms with E-state index in [1.165, 1.54) is 11.8 Å². The molecule has 0 aliphatic rings. The van der Waals surface area contributed by atoms with Crippen LogP contribution in [0.1, 0.15) is 32.9 Å². The Kier molecular flexibility index (Phi) is 6.26. The molecule has 118 valence electrons. The predicted octanol–water partition coefficient (Wildman–Crippen LogP) is 2.13. The molecule has 1 aromatic rings. The van der Waals surface area contributed by atoms with E-state index in [2.05, 4.69) is 10.4 Å². The van der Waals surface area contributed by atoms with Crippen molar-refractivity contribution in [1.29, 1.82) is 0 Å². The smallest absolute Gasteiger partial charge is 0.307 e. The highest BCUT2D eigenvalue weighted by Gasteiger charge is 2.16. The summed E-state index contributed by atoms with van der Waals surface area (Å²) in [5, 5.41) is 6.93.